The van der Waals surface area contributed by atoms with Gasteiger partial charge in [0, 0.05) is 23.6 Å². The lowest BCUT2D eigenvalue weighted by Gasteiger charge is -2.24. The van der Waals surface area contributed by atoms with Crippen molar-refractivity contribution in [2.24, 2.45) is 5.92 Å². The summed E-state index contributed by atoms with van der Waals surface area (Å²) in [5.74, 6) is 0.817. The normalized spacial score (nSPS) is 27.3. The summed E-state index contributed by atoms with van der Waals surface area (Å²) < 4.78 is 1.95. The molecule has 3 nitrogen and oxygen atoms in total. The highest BCUT2D eigenvalue weighted by Crippen LogP contribution is 2.34. The topological polar surface area (TPSA) is 32.3 Å². The lowest BCUT2D eigenvalue weighted by molar-refractivity contribution is 0.0790. The van der Waals surface area contributed by atoms with Gasteiger partial charge in [0.05, 0.1) is 8.66 Å². The number of amides is 1. The number of likely N-dealkylation sites (tertiary alicyclic amines) is 1. The SMILES string of the molecule is O=C(c1cc(Br)c(Br)s1)N1CC2CCCNC2C1. The Morgan fingerprint density at radius 2 is 2.28 bits per heavy atom. The molecule has 3 rings (SSSR count). The molecule has 1 aromatic heterocycles. The highest BCUT2D eigenvalue weighted by molar-refractivity contribution is 9.13. The van der Waals surface area contributed by atoms with E-state index in [-0.39, 0.29) is 5.91 Å². The van der Waals surface area contributed by atoms with Crippen LogP contribution in [-0.4, -0.2) is 36.5 Å². The van der Waals surface area contributed by atoms with Crippen molar-refractivity contribution < 1.29 is 4.79 Å². The van der Waals surface area contributed by atoms with Gasteiger partial charge in [0.1, 0.15) is 0 Å². The summed E-state index contributed by atoms with van der Waals surface area (Å²) >= 11 is 8.38. The first-order chi connectivity index (χ1) is 8.65. The summed E-state index contributed by atoms with van der Waals surface area (Å²) in [7, 11) is 0. The third-order valence-electron chi connectivity index (χ3n) is 3.74. The van der Waals surface area contributed by atoms with E-state index in [1.165, 1.54) is 24.2 Å². The van der Waals surface area contributed by atoms with Crippen molar-refractivity contribution in [3.05, 3.63) is 19.2 Å². The molecule has 0 spiro atoms. The molecule has 2 aliphatic heterocycles. The maximum absolute atomic E-state index is 12.4. The highest BCUT2D eigenvalue weighted by Gasteiger charge is 2.37. The fraction of sp³-hybridized carbons (Fsp3) is 0.583. The van der Waals surface area contributed by atoms with Crippen molar-refractivity contribution >= 4 is 49.1 Å². The largest absolute Gasteiger partial charge is 0.336 e. The zero-order chi connectivity index (χ0) is 12.7. The standard InChI is InChI=1S/C12H14Br2N2OS/c13-8-4-10(18-11(8)14)12(17)16-5-7-2-1-3-15-9(7)6-16/h4,7,9,15H,1-3,5-6H2. The summed E-state index contributed by atoms with van der Waals surface area (Å²) in [6.07, 6.45) is 2.48. The first kappa shape index (κ1) is 13.1. The number of carbonyl (C=O) groups excluding carboxylic acids is 1. The number of hydrogen-bond acceptors (Lipinski definition) is 3. The highest BCUT2D eigenvalue weighted by atomic mass is 79.9. The van der Waals surface area contributed by atoms with Crippen LogP contribution in [0.5, 0.6) is 0 Å². The Labute approximate surface area is 127 Å². The second-order valence-electron chi connectivity index (χ2n) is 4.91. The van der Waals surface area contributed by atoms with Gasteiger partial charge in [-0.3, -0.25) is 4.79 Å². The second-order valence-corrected chi connectivity index (χ2v) is 8.13. The monoisotopic (exact) mass is 392 g/mol. The van der Waals surface area contributed by atoms with E-state index in [0.717, 1.165) is 32.8 Å². The van der Waals surface area contributed by atoms with E-state index in [0.29, 0.717) is 12.0 Å². The number of thiophene rings is 1. The van der Waals surface area contributed by atoms with Crippen molar-refractivity contribution in [1.82, 2.24) is 10.2 Å². The van der Waals surface area contributed by atoms with Crippen LogP contribution >= 0.6 is 43.2 Å². The molecule has 3 heterocycles. The van der Waals surface area contributed by atoms with E-state index in [9.17, 15) is 4.79 Å². The fourth-order valence-electron chi connectivity index (χ4n) is 2.82. The first-order valence-electron chi connectivity index (χ1n) is 6.12. The molecule has 0 radical (unpaired) electrons. The molecule has 1 aromatic rings. The van der Waals surface area contributed by atoms with E-state index in [2.05, 4.69) is 37.2 Å². The van der Waals surface area contributed by atoms with Gasteiger partial charge in [0.2, 0.25) is 0 Å². The van der Waals surface area contributed by atoms with Crippen LogP contribution in [0.4, 0.5) is 0 Å². The molecule has 1 amide bonds. The van der Waals surface area contributed by atoms with Crippen molar-refractivity contribution in [3.63, 3.8) is 0 Å². The van der Waals surface area contributed by atoms with Gasteiger partial charge in [-0.1, -0.05) is 0 Å². The number of fused-ring (bicyclic) bond motifs is 1. The van der Waals surface area contributed by atoms with Crippen LogP contribution in [0.25, 0.3) is 0 Å². The first-order valence-corrected chi connectivity index (χ1v) is 8.53. The molecule has 18 heavy (non-hydrogen) atoms. The minimum atomic E-state index is 0.169. The maximum atomic E-state index is 12.4. The molecule has 2 saturated heterocycles. The predicted octanol–water partition coefficient (Wildman–Crippen LogP) is 3.10. The van der Waals surface area contributed by atoms with Crippen LogP contribution in [0.2, 0.25) is 0 Å². The number of nitrogens with zero attached hydrogens (tertiary/aromatic N) is 1. The molecule has 0 saturated carbocycles. The summed E-state index contributed by atoms with van der Waals surface area (Å²) in [5, 5.41) is 3.52. The Hall–Kier alpha value is 0.0900. The fourth-order valence-corrected chi connectivity index (χ4v) is 4.82. The third-order valence-corrected chi connectivity index (χ3v) is 6.99. The summed E-state index contributed by atoms with van der Waals surface area (Å²) in [6.45, 7) is 2.86. The number of rotatable bonds is 1. The Morgan fingerprint density at radius 3 is 2.94 bits per heavy atom. The molecular formula is C12H14Br2N2OS. The quantitative estimate of drug-likeness (QED) is 0.794. The van der Waals surface area contributed by atoms with Gasteiger partial charge >= 0.3 is 0 Å². The minimum Gasteiger partial charge on any atom is -0.336 e. The molecule has 2 fully saturated rings. The van der Waals surface area contributed by atoms with Crippen LogP contribution in [0.3, 0.4) is 0 Å². The van der Waals surface area contributed by atoms with E-state index in [1.54, 1.807) is 0 Å². The molecule has 6 heteroatoms. The van der Waals surface area contributed by atoms with Crippen molar-refractivity contribution in [2.45, 2.75) is 18.9 Å². The average molecular weight is 394 g/mol. The van der Waals surface area contributed by atoms with Crippen LogP contribution in [0, 0.1) is 5.92 Å². The van der Waals surface area contributed by atoms with E-state index < -0.39 is 0 Å². The van der Waals surface area contributed by atoms with Crippen molar-refractivity contribution in [3.8, 4) is 0 Å². The molecule has 2 aliphatic rings. The summed E-state index contributed by atoms with van der Waals surface area (Å²) in [4.78, 5) is 15.2. The third kappa shape index (κ3) is 2.40. The number of carbonyl (C=O) groups is 1. The van der Waals surface area contributed by atoms with Crippen LogP contribution < -0.4 is 5.32 Å². The Balaban J connectivity index is 1.74. The molecule has 98 valence electrons. The van der Waals surface area contributed by atoms with E-state index in [4.69, 9.17) is 0 Å². The van der Waals surface area contributed by atoms with Gasteiger partial charge in [-0.2, -0.15) is 0 Å². The average Bonchev–Trinajstić information content (AvgIpc) is 2.93. The van der Waals surface area contributed by atoms with Crippen molar-refractivity contribution in [2.75, 3.05) is 19.6 Å². The van der Waals surface area contributed by atoms with Gasteiger partial charge in [-0.15, -0.1) is 11.3 Å². The smallest absolute Gasteiger partial charge is 0.264 e. The van der Waals surface area contributed by atoms with Gasteiger partial charge in [-0.05, 0) is 63.2 Å². The molecular weight excluding hydrogens is 380 g/mol. The molecule has 1 N–H and O–H groups in total. The Bertz CT molecular complexity index is 443. The predicted molar refractivity (Wildman–Crippen MR) is 80.1 cm³/mol. The molecule has 0 aliphatic carbocycles. The summed E-state index contributed by atoms with van der Waals surface area (Å²) in [6, 6.07) is 2.42. The second kappa shape index (κ2) is 5.23. The van der Waals surface area contributed by atoms with Crippen LogP contribution in [0.15, 0.2) is 14.3 Å². The minimum absolute atomic E-state index is 0.169. The number of piperidine rings is 1. The molecule has 0 aromatic carbocycles. The number of hydrogen-bond donors (Lipinski definition) is 1. The van der Waals surface area contributed by atoms with Gasteiger partial charge in [0.15, 0.2) is 0 Å². The maximum Gasteiger partial charge on any atom is 0.264 e. The van der Waals surface area contributed by atoms with Crippen molar-refractivity contribution in [1.29, 1.82) is 0 Å². The number of halogens is 2. The number of nitrogens with one attached hydrogen (secondary N) is 1. The van der Waals surface area contributed by atoms with Gasteiger partial charge < -0.3 is 10.2 Å². The zero-order valence-electron chi connectivity index (χ0n) is 9.79. The van der Waals surface area contributed by atoms with E-state index >= 15 is 0 Å². The van der Waals surface area contributed by atoms with E-state index in [1.807, 2.05) is 11.0 Å². The Morgan fingerprint density at radius 1 is 1.44 bits per heavy atom. The molecule has 2 atom stereocenters. The Kier molecular flexibility index (Phi) is 3.80. The van der Waals surface area contributed by atoms with Gasteiger partial charge in [-0.25, -0.2) is 0 Å². The molecule has 0 bridgehead atoms. The molecule has 2 unspecified atom stereocenters. The zero-order valence-corrected chi connectivity index (χ0v) is 13.8. The van der Waals surface area contributed by atoms with Gasteiger partial charge in [0.25, 0.3) is 5.91 Å². The summed E-state index contributed by atoms with van der Waals surface area (Å²) in [5.41, 5.74) is 0. The van der Waals surface area contributed by atoms with Crippen LogP contribution in [-0.2, 0) is 0 Å². The van der Waals surface area contributed by atoms with Crippen LogP contribution in [0.1, 0.15) is 22.5 Å². The lowest BCUT2D eigenvalue weighted by Crippen LogP contribution is -2.41. The lowest BCUT2D eigenvalue weighted by atomic mass is 9.94.